The van der Waals surface area contributed by atoms with Crippen molar-refractivity contribution in [2.45, 2.75) is 4.90 Å². The second-order valence-electron chi connectivity index (χ2n) is 3.53. The van der Waals surface area contributed by atoms with Crippen LogP contribution in [0.3, 0.4) is 0 Å². The third-order valence-corrected chi connectivity index (χ3v) is 3.98. The molecule has 2 rings (SSSR count). The minimum absolute atomic E-state index is 0.128. The van der Waals surface area contributed by atoms with Crippen LogP contribution in [0.4, 0.5) is 4.39 Å². The summed E-state index contributed by atoms with van der Waals surface area (Å²) in [5, 5.41) is 5.76. The molecule has 0 unspecified atom stereocenters. The molecule has 1 heterocycles. The highest BCUT2D eigenvalue weighted by molar-refractivity contribution is 8.00. The normalized spacial score (nSPS) is 10.8. The minimum Gasteiger partial charge on any atom is -0.272 e. The van der Waals surface area contributed by atoms with Gasteiger partial charge in [0, 0.05) is 9.77 Å². The number of rotatable bonds is 5. The molecule has 0 fully saturated rings. The molecule has 0 atom stereocenters. The summed E-state index contributed by atoms with van der Waals surface area (Å²) in [6.45, 7) is 0. The smallest absolute Gasteiger partial charge is 0.250 e. The Balaban J connectivity index is 1.78. The first-order valence-electron chi connectivity index (χ1n) is 5.48. The molecular formula is C13H11FN2OS2. The lowest BCUT2D eigenvalue weighted by molar-refractivity contribution is -0.118. The van der Waals surface area contributed by atoms with Crippen LogP contribution < -0.4 is 5.43 Å². The second kappa shape index (κ2) is 7.06. The largest absolute Gasteiger partial charge is 0.272 e. The van der Waals surface area contributed by atoms with E-state index in [1.165, 1.54) is 17.4 Å². The summed E-state index contributed by atoms with van der Waals surface area (Å²) in [6.07, 6.45) is 1.58. The molecule has 0 saturated heterocycles. The Labute approximate surface area is 118 Å². The molecule has 0 aliphatic heterocycles. The third kappa shape index (κ3) is 4.50. The average Bonchev–Trinajstić information content (AvgIpc) is 2.91. The predicted molar refractivity (Wildman–Crippen MR) is 77.2 cm³/mol. The summed E-state index contributed by atoms with van der Waals surface area (Å²) in [6, 6.07) is 10.2. The van der Waals surface area contributed by atoms with Crippen LogP contribution in [0.15, 0.2) is 51.8 Å². The van der Waals surface area contributed by atoms with Crippen molar-refractivity contribution < 1.29 is 9.18 Å². The summed E-state index contributed by atoms with van der Waals surface area (Å²) in [5.41, 5.74) is 2.40. The first-order chi connectivity index (χ1) is 9.25. The summed E-state index contributed by atoms with van der Waals surface area (Å²) >= 11 is 2.68. The van der Waals surface area contributed by atoms with Gasteiger partial charge in [0.2, 0.25) is 5.91 Å². The van der Waals surface area contributed by atoms with Gasteiger partial charge in [-0.2, -0.15) is 5.10 Å². The number of carbonyl (C=O) groups is 1. The molecule has 0 spiro atoms. The molecule has 1 aromatic carbocycles. The highest BCUT2D eigenvalue weighted by atomic mass is 32.2. The fourth-order valence-electron chi connectivity index (χ4n) is 1.27. The summed E-state index contributed by atoms with van der Waals surface area (Å²) in [4.78, 5) is 12.9. The number of hydrogen-bond acceptors (Lipinski definition) is 4. The molecule has 0 radical (unpaired) electrons. The molecule has 0 aliphatic carbocycles. The minimum atomic E-state index is -0.317. The van der Waals surface area contributed by atoms with Gasteiger partial charge in [-0.25, -0.2) is 9.82 Å². The van der Waals surface area contributed by atoms with Gasteiger partial charge in [-0.05, 0) is 23.6 Å². The SMILES string of the molecule is O=C(CSc1ccccc1F)N/N=C\c1cccs1. The van der Waals surface area contributed by atoms with Crippen LogP contribution in [0.1, 0.15) is 4.88 Å². The number of hydrogen-bond donors (Lipinski definition) is 1. The Bertz CT molecular complexity index is 570. The van der Waals surface area contributed by atoms with E-state index in [9.17, 15) is 9.18 Å². The van der Waals surface area contributed by atoms with Crippen LogP contribution in [0.25, 0.3) is 0 Å². The predicted octanol–water partition coefficient (Wildman–Crippen LogP) is 3.13. The molecule has 98 valence electrons. The van der Waals surface area contributed by atoms with Gasteiger partial charge in [0.25, 0.3) is 0 Å². The molecule has 19 heavy (non-hydrogen) atoms. The summed E-state index contributed by atoms with van der Waals surface area (Å²) < 4.78 is 13.3. The van der Waals surface area contributed by atoms with E-state index in [-0.39, 0.29) is 17.5 Å². The van der Waals surface area contributed by atoms with Gasteiger partial charge in [0.15, 0.2) is 0 Å². The topological polar surface area (TPSA) is 41.5 Å². The summed E-state index contributed by atoms with van der Waals surface area (Å²) in [5.74, 6) is -0.452. The molecule has 6 heteroatoms. The zero-order valence-corrected chi connectivity index (χ0v) is 11.5. The maximum Gasteiger partial charge on any atom is 0.250 e. The van der Waals surface area contributed by atoms with Gasteiger partial charge >= 0.3 is 0 Å². The first kappa shape index (κ1) is 13.8. The number of nitrogens with one attached hydrogen (secondary N) is 1. The quantitative estimate of drug-likeness (QED) is 0.523. The van der Waals surface area contributed by atoms with Crippen molar-refractivity contribution in [1.82, 2.24) is 5.43 Å². The zero-order chi connectivity index (χ0) is 13.5. The van der Waals surface area contributed by atoms with E-state index in [1.807, 2.05) is 17.5 Å². The first-order valence-corrected chi connectivity index (χ1v) is 7.35. The van der Waals surface area contributed by atoms with E-state index in [4.69, 9.17) is 0 Å². The number of carbonyl (C=O) groups excluding carboxylic acids is 1. The van der Waals surface area contributed by atoms with Crippen molar-refractivity contribution in [3.8, 4) is 0 Å². The lowest BCUT2D eigenvalue weighted by Gasteiger charge is -2.01. The van der Waals surface area contributed by atoms with Crippen molar-refractivity contribution in [3.63, 3.8) is 0 Å². The van der Waals surface area contributed by atoms with Crippen LogP contribution in [-0.2, 0) is 4.79 Å². The van der Waals surface area contributed by atoms with Gasteiger partial charge in [-0.1, -0.05) is 18.2 Å². The van der Waals surface area contributed by atoms with E-state index in [0.29, 0.717) is 4.90 Å². The fourth-order valence-corrected chi connectivity index (χ4v) is 2.59. The molecule has 1 N–H and O–H groups in total. The highest BCUT2D eigenvalue weighted by Crippen LogP contribution is 2.20. The van der Waals surface area contributed by atoms with E-state index in [2.05, 4.69) is 10.5 Å². The fraction of sp³-hybridized carbons (Fsp3) is 0.0769. The van der Waals surface area contributed by atoms with Gasteiger partial charge in [-0.3, -0.25) is 4.79 Å². The van der Waals surface area contributed by atoms with Gasteiger partial charge in [-0.15, -0.1) is 23.1 Å². The number of thiophene rings is 1. The van der Waals surface area contributed by atoms with Crippen LogP contribution >= 0.6 is 23.1 Å². The maximum atomic E-state index is 13.3. The molecule has 0 saturated carbocycles. The van der Waals surface area contributed by atoms with Crippen LogP contribution in [0, 0.1) is 5.82 Å². The monoisotopic (exact) mass is 294 g/mol. The lowest BCUT2D eigenvalue weighted by Crippen LogP contribution is -2.19. The van der Waals surface area contributed by atoms with Crippen molar-refractivity contribution >= 4 is 35.2 Å². The van der Waals surface area contributed by atoms with Crippen LogP contribution in [0.2, 0.25) is 0 Å². The standard InChI is InChI=1S/C13H11FN2OS2/c14-11-5-1-2-6-12(11)19-9-13(17)16-15-8-10-4-3-7-18-10/h1-8H,9H2,(H,16,17)/b15-8-. The molecule has 1 amide bonds. The Kier molecular flexibility index (Phi) is 5.11. The number of nitrogens with zero attached hydrogens (tertiary/aromatic N) is 1. The van der Waals surface area contributed by atoms with E-state index < -0.39 is 0 Å². The van der Waals surface area contributed by atoms with Gasteiger partial charge in [0.05, 0.1) is 12.0 Å². The van der Waals surface area contributed by atoms with Gasteiger partial charge < -0.3 is 0 Å². The Morgan fingerprint density at radius 2 is 2.21 bits per heavy atom. The molecule has 2 aromatic rings. The highest BCUT2D eigenvalue weighted by Gasteiger charge is 2.05. The van der Waals surface area contributed by atoms with E-state index in [1.54, 1.807) is 24.4 Å². The summed E-state index contributed by atoms with van der Waals surface area (Å²) in [7, 11) is 0. The number of halogens is 1. The Morgan fingerprint density at radius 1 is 1.37 bits per heavy atom. The van der Waals surface area contributed by atoms with Crippen molar-refractivity contribution in [1.29, 1.82) is 0 Å². The lowest BCUT2D eigenvalue weighted by atomic mass is 10.3. The van der Waals surface area contributed by atoms with Crippen molar-refractivity contribution in [3.05, 3.63) is 52.5 Å². The van der Waals surface area contributed by atoms with E-state index >= 15 is 0 Å². The van der Waals surface area contributed by atoms with Crippen molar-refractivity contribution in [2.75, 3.05) is 5.75 Å². The number of amides is 1. The molecular weight excluding hydrogens is 283 g/mol. The van der Waals surface area contributed by atoms with E-state index in [0.717, 1.165) is 16.6 Å². The van der Waals surface area contributed by atoms with Crippen LogP contribution in [-0.4, -0.2) is 17.9 Å². The second-order valence-corrected chi connectivity index (χ2v) is 5.52. The molecule has 0 bridgehead atoms. The average molecular weight is 294 g/mol. The van der Waals surface area contributed by atoms with Crippen molar-refractivity contribution in [2.24, 2.45) is 5.10 Å². The molecule has 3 nitrogen and oxygen atoms in total. The molecule has 1 aromatic heterocycles. The van der Waals surface area contributed by atoms with Crippen LogP contribution in [0.5, 0.6) is 0 Å². The Hall–Kier alpha value is -1.66. The maximum absolute atomic E-state index is 13.3. The number of thioether (sulfide) groups is 1. The Morgan fingerprint density at radius 3 is 2.95 bits per heavy atom. The third-order valence-electron chi connectivity index (χ3n) is 2.12. The van der Waals surface area contributed by atoms with Gasteiger partial charge in [0.1, 0.15) is 5.82 Å². The number of benzene rings is 1. The number of hydrazone groups is 1. The molecule has 0 aliphatic rings. The zero-order valence-electron chi connectivity index (χ0n) is 9.88.